The zero-order valence-electron chi connectivity index (χ0n) is 20.2. The molecule has 0 unspecified atom stereocenters. The lowest BCUT2D eigenvalue weighted by molar-refractivity contribution is 0.0989. The second-order valence-electron chi connectivity index (χ2n) is 7.75. The van der Waals surface area contributed by atoms with E-state index in [1.165, 1.54) is 7.11 Å². The zero-order chi connectivity index (χ0) is 25.1. The van der Waals surface area contributed by atoms with Crippen molar-refractivity contribution < 1.29 is 23.7 Å². The standard InChI is InChI=1S/C28H26BrNO5/c1-30(28(31)25-20(29)14-15-22(32-2)26(25)34-4)21-13-9-12-18-19(21)16-23(33-3)27(35-5)24(18)17-10-7-6-8-11-17/h6-16H,1-5H3. The summed E-state index contributed by atoms with van der Waals surface area (Å²) in [5.41, 5.74) is 2.96. The molecule has 0 saturated heterocycles. The van der Waals surface area contributed by atoms with Gasteiger partial charge in [-0.25, -0.2) is 0 Å². The van der Waals surface area contributed by atoms with Gasteiger partial charge in [-0.15, -0.1) is 0 Å². The van der Waals surface area contributed by atoms with Gasteiger partial charge in [-0.2, -0.15) is 0 Å². The molecule has 1 amide bonds. The van der Waals surface area contributed by atoms with Crippen LogP contribution in [-0.2, 0) is 0 Å². The minimum atomic E-state index is -0.254. The van der Waals surface area contributed by atoms with Gasteiger partial charge in [0.05, 0.1) is 39.7 Å². The number of carbonyl (C=O) groups is 1. The van der Waals surface area contributed by atoms with Gasteiger partial charge in [0.15, 0.2) is 23.0 Å². The highest BCUT2D eigenvalue weighted by molar-refractivity contribution is 9.10. The fourth-order valence-electron chi connectivity index (χ4n) is 4.28. The number of halogens is 1. The van der Waals surface area contributed by atoms with E-state index in [0.29, 0.717) is 38.7 Å². The second-order valence-corrected chi connectivity index (χ2v) is 8.60. The Morgan fingerprint density at radius 1 is 0.743 bits per heavy atom. The molecule has 0 aliphatic rings. The predicted octanol–water partition coefficient (Wildman–Crippen LogP) is 6.58. The molecule has 7 heteroatoms. The minimum Gasteiger partial charge on any atom is -0.493 e. The Kier molecular flexibility index (Phi) is 7.17. The number of carbonyl (C=O) groups excluding carboxylic acids is 1. The summed E-state index contributed by atoms with van der Waals surface area (Å²) in [5.74, 6) is 1.80. The van der Waals surface area contributed by atoms with Crippen LogP contribution in [0.3, 0.4) is 0 Å². The normalized spacial score (nSPS) is 10.7. The number of anilines is 1. The van der Waals surface area contributed by atoms with Crippen LogP contribution in [0.2, 0.25) is 0 Å². The lowest BCUT2D eigenvalue weighted by atomic mass is 9.95. The molecule has 6 nitrogen and oxygen atoms in total. The van der Waals surface area contributed by atoms with Crippen molar-refractivity contribution in [2.45, 2.75) is 0 Å². The molecular formula is C28H26BrNO5. The third-order valence-electron chi connectivity index (χ3n) is 5.94. The van der Waals surface area contributed by atoms with Crippen LogP contribution in [0.15, 0.2) is 71.2 Å². The molecule has 0 heterocycles. The highest BCUT2D eigenvalue weighted by Gasteiger charge is 2.26. The van der Waals surface area contributed by atoms with Crippen LogP contribution >= 0.6 is 15.9 Å². The Hall–Kier alpha value is -3.71. The van der Waals surface area contributed by atoms with Gasteiger partial charge in [-0.3, -0.25) is 4.79 Å². The Bertz CT molecular complexity index is 1390. The molecule has 0 fully saturated rings. The zero-order valence-corrected chi connectivity index (χ0v) is 21.8. The summed E-state index contributed by atoms with van der Waals surface area (Å²) in [5, 5.41) is 1.78. The lowest BCUT2D eigenvalue weighted by Gasteiger charge is -2.24. The number of methoxy groups -OCH3 is 4. The van der Waals surface area contributed by atoms with Crippen molar-refractivity contribution in [1.29, 1.82) is 0 Å². The lowest BCUT2D eigenvalue weighted by Crippen LogP contribution is -2.27. The molecule has 4 aromatic rings. The molecule has 4 aromatic carbocycles. The van der Waals surface area contributed by atoms with Crippen LogP contribution in [0.1, 0.15) is 10.4 Å². The van der Waals surface area contributed by atoms with E-state index in [-0.39, 0.29) is 5.91 Å². The minimum absolute atomic E-state index is 0.254. The average molecular weight is 536 g/mol. The summed E-state index contributed by atoms with van der Waals surface area (Å²) in [6, 6.07) is 21.2. The van der Waals surface area contributed by atoms with Crippen LogP contribution < -0.4 is 23.8 Å². The van der Waals surface area contributed by atoms with E-state index in [2.05, 4.69) is 15.9 Å². The fourth-order valence-corrected chi connectivity index (χ4v) is 4.76. The van der Waals surface area contributed by atoms with E-state index >= 15 is 0 Å². The van der Waals surface area contributed by atoms with Gasteiger partial charge in [0.25, 0.3) is 5.91 Å². The first kappa shape index (κ1) is 24.4. The summed E-state index contributed by atoms with van der Waals surface area (Å²) < 4.78 is 23.0. The quantitative estimate of drug-likeness (QED) is 0.267. The van der Waals surface area contributed by atoms with Crippen molar-refractivity contribution in [2.75, 3.05) is 40.4 Å². The summed E-state index contributed by atoms with van der Waals surface area (Å²) in [7, 11) is 8.03. The third-order valence-corrected chi connectivity index (χ3v) is 6.60. The molecule has 0 bridgehead atoms. The Labute approximate surface area is 213 Å². The SMILES string of the molecule is COc1ccc(Br)c(C(=O)N(C)c2cccc3c(-c4ccccc4)c(OC)c(OC)cc23)c1OC. The van der Waals surface area contributed by atoms with Gasteiger partial charge < -0.3 is 23.8 Å². The smallest absolute Gasteiger partial charge is 0.263 e. The van der Waals surface area contributed by atoms with E-state index < -0.39 is 0 Å². The molecular weight excluding hydrogens is 510 g/mol. The van der Waals surface area contributed by atoms with Crippen LogP contribution in [0.25, 0.3) is 21.9 Å². The number of fused-ring (bicyclic) bond motifs is 1. The summed E-state index contributed by atoms with van der Waals surface area (Å²) in [6.45, 7) is 0. The monoisotopic (exact) mass is 535 g/mol. The van der Waals surface area contributed by atoms with Crippen molar-refractivity contribution in [3.63, 3.8) is 0 Å². The average Bonchev–Trinajstić information content (AvgIpc) is 2.90. The number of amides is 1. The van der Waals surface area contributed by atoms with Crippen molar-refractivity contribution in [1.82, 2.24) is 0 Å². The van der Waals surface area contributed by atoms with E-state index in [1.807, 2.05) is 54.6 Å². The van der Waals surface area contributed by atoms with Gasteiger partial charge in [0.1, 0.15) is 0 Å². The molecule has 0 radical (unpaired) electrons. The molecule has 180 valence electrons. The summed E-state index contributed by atoms with van der Waals surface area (Å²) in [6.07, 6.45) is 0. The van der Waals surface area contributed by atoms with Gasteiger partial charge in [0, 0.05) is 22.5 Å². The van der Waals surface area contributed by atoms with Crippen LogP contribution in [0.5, 0.6) is 23.0 Å². The fraction of sp³-hybridized carbons (Fsp3) is 0.179. The highest BCUT2D eigenvalue weighted by atomic mass is 79.9. The first-order valence-corrected chi connectivity index (χ1v) is 11.7. The highest BCUT2D eigenvalue weighted by Crippen LogP contribution is 2.46. The van der Waals surface area contributed by atoms with Gasteiger partial charge >= 0.3 is 0 Å². The number of rotatable bonds is 7. The topological polar surface area (TPSA) is 57.2 Å². The van der Waals surface area contributed by atoms with Gasteiger partial charge in [-0.05, 0) is 51.1 Å². The van der Waals surface area contributed by atoms with E-state index in [4.69, 9.17) is 18.9 Å². The second kappa shape index (κ2) is 10.3. The maximum atomic E-state index is 13.8. The first-order valence-electron chi connectivity index (χ1n) is 10.9. The summed E-state index contributed by atoms with van der Waals surface area (Å²) in [4.78, 5) is 15.4. The van der Waals surface area contributed by atoms with E-state index in [0.717, 1.165) is 21.9 Å². The molecule has 35 heavy (non-hydrogen) atoms. The molecule has 0 N–H and O–H groups in total. The third kappa shape index (κ3) is 4.28. The number of hydrogen-bond acceptors (Lipinski definition) is 5. The molecule has 0 spiro atoms. The number of nitrogens with zero attached hydrogens (tertiary/aromatic N) is 1. The number of ether oxygens (including phenoxy) is 4. The predicted molar refractivity (Wildman–Crippen MR) is 142 cm³/mol. The van der Waals surface area contributed by atoms with Gasteiger partial charge in [-0.1, -0.05) is 42.5 Å². The molecule has 0 saturated carbocycles. The van der Waals surface area contributed by atoms with Crippen molar-refractivity contribution in [2.24, 2.45) is 0 Å². The van der Waals surface area contributed by atoms with Crippen LogP contribution in [0.4, 0.5) is 5.69 Å². The number of benzene rings is 4. The van der Waals surface area contributed by atoms with Crippen molar-refractivity contribution in [3.8, 4) is 34.1 Å². The van der Waals surface area contributed by atoms with E-state index in [9.17, 15) is 4.79 Å². The number of hydrogen-bond donors (Lipinski definition) is 0. The Morgan fingerprint density at radius 2 is 1.43 bits per heavy atom. The molecule has 0 aliphatic carbocycles. The maximum Gasteiger partial charge on any atom is 0.263 e. The van der Waals surface area contributed by atoms with E-state index in [1.54, 1.807) is 45.4 Å². The van der Waals surface area contributed by atoms with Crippen LogP contribution in [0, 0.1) is 0 Å². The summed E-state index contributed by atoms with van der Waals surface area (Å²) >= 11 is 3.51. The molecule has 0 atom stereocenters. The van der Waals surface area contributed by atoms with Crippen molar-refractivity contribution >= 4 is 38.3 Å². The van der Waals surface area contributed by atoms with Crippen LogP contribution in [-0.4, -0.2) is 41.4 Å². The van der Waals surface area contributed by atoms with Crippen molar-refractivity contribution in [3.05, 3.63) is 76.8 Å². The Morgan fingerprint density at radius 3 is 2.06 bits per heavy atom. The maximum absolute atomic E-state index is 13.8. The Balaban J connectivity index is 1.96. The molecule has 0 aliphatic heterocycles. The van der Waals surface area contributed by atoms with Gasteiger partial charge in [0.2, 0.25) is 0 Å². The molecule has 4 rings (SSSR count). The largest absolute Gasteiger partial charge is 0.493 e. The molecule has 0 aromatic heterocycles. The first-order chi connectivity index (χ1) is 17.0.